The van der Waals surface area contributed by atoms with Crippen LogP contribution in [0.3, 0.4) is 0 Å². The largest absolute Gasteiger partial charge is 0.454 e. The molecule has 1 amide bonds. The molecule has 1 saturated heterocycles. The predicted molar refractivity (Wildman–Crippen MR) is 132 cm³/mol. The van der Waals surface area contributed by atoms with Crippen LogP contribution in [0.4, 0.5) is 17.6 Å². The van der Waals surface area contributed by atoms with Gasteiger partial charge in [-0.25, -0.2) is 9.38 Å². The number of hydrogen-bond acceptors (Lipinski definition) is 6. The van der Waals surface area contributed by atoms with Gasteiger partial charge in [-0.2, -0.15) is 18.4 Å². The smallest absolute Gasteiger partial charge is 0.420 e. The van der Waals surface area contributed by atoms with Crippen molar-refractivity contribution in [1.29, 1.82) is 5.26 Å². The van der Waals surface area contributed by atoms with Crippen molar-refractivity contribution in [3.63, 3.8) is 0 Å². The highest BCUT2D eigenvalue weighted by Gasteiger charge is 2.35. The number of carbonyl (C=O) groups is 1. The van der Waals surface area contributed by atoms with Crippen LogP contribution in [0.15, 0.2) is 46.3 Å². The van der Waals surface area contributed by atoms with Gasteiger partial charge in [0.1, 0.15) is 5.75 Å². The van der Waals surface area contributed by atoms with Crippen molar-refractivity contribution in [2.45, 2.75) is 25.4 Å². The number of aliphatic imine (C=N–C) groups is 1. The highest BCUT2D eigenvalue weighted by atomic mass is 32.2. The molecule has 6 nitrogen and oxygen atoms in total. The first-order chi connectivity index (χ1) is 17.7. The van der Waals surface area contributed by atoms with Gasteiger partial charge in [0.2, 0.25) is 0 Å². The Labute approximate surface area is 215 Å². The predicted octanol–water partition coefficient (Wildman–Crippen LogP) is 6.02. The Morgan fingerprint density at radius 2 is 1.89 bits per heavy atom. The van der Waals surface area contributed by atoms with Gasteiger partial charge in [-0.3, -0.25) is 9.69 Å². The van der Waals surface area contributed by atoms with Crippen molar-refractivity contribution in [2.24, 2.45) is 4.99 Å². The van der Waals surface area contributed by atoms with Gasteiger partial charge in [-0.1, -0.05) is 17.8 Å². The molecule has 11 heteroatoms. The molecule has 0 aromatic heterocycles. The number of alkyl halides is 3. The summed E-state index contributed by atoms with van der Waals surface area (Å²) in [7, 11) is 0. The first-order valence-corrected chi connectivity index (χ1v) is 12.4. The van der Waals surface area contributed by atoms with Crippen LogP contribution >= 0.6 is 11.8 Å². The first-order valence-electron chi connectivity index (χ1n) is 11.6. The highest BCUT2D eigenvalue weighted by Crippen LogP contribution is 2.39. The molecule has 0 bridgehead atoms. The first kappa shape index (κ1) is 26.9. The third-order valence-corrected chi connectivity index (χ3v) is 6.81. The SMILES string of the molecule is N#Cc1ccc(Oc2ccc(/C=C3\SC(CCCCN4CCOCC4)=NC3=O)cc2F)c(C(F)(F)F)c1. The summed E-state index contributed by atoms with van der Waals surface area (Å²) in [4.78, 5) is 19.1. The minimum Gasteiger partial charge on any atom is -0.454 e. The van der Waals surface area contributed by atoms with Crippen molar-refractivity contribution < 1.29 is 31.8 Å². The monoisotopic (exact) mass is 533 g/mol. The Morgan fingerprint density at radius 1 is 1.14 bits per heavy atom. The van der Waals surface area contributed by atoms with Gasteiger partial charge in [-0.15, -0.1) is 0 Å². The second-order valence-corrected chi connectivity index (χ2v) is 9.56. The van der Waals surface area contributed by atoms with Crippen molar-refractivity contribution in [3.05, 3.63) is 63.8 Å². The number of unbranched alkanes of at least 4 members (excludes halogenated alkanes) is 1. The van der Waals surface area contributed by atoms with Crippen molar-refractivity contribution in [1.82, 2.24) is 4.90 Å². The van der Waals surface area contributed by atoms with E-state index >= 15 is 0 Å². The van der Waals surface area contributed by atoms with E-state index in [4.69, 9.17) is 14.7 Å². The van der Waals surface area contributed by atoms with E-state index < -0.39 is 35.0 Å². The lowest BCUT2D eigenvalue weighted by molar-refractivity contribution is -0.138. The zero-order valence-electron chi connectivity index (χ0n) is 19.7. The fourth-order valence-corrected chi connectivity index (χ4v) is 4.82. The lowest BCUT2D eigenvalue weighted by Gasteiger charge is -2.26. The van der Waals surface area contributed by atoms with Crippen molar-refractivity contribution >= 4 is 28.8 Å². The molecular formula is C26H23F4N3O3S. The summed E-state index contributed by atoms with van der Waals surface area (Å²) in [5, 5.41) is 9.58. The van der Waals surface area contributed by atoms with Crippen LogP contribution in [-0.4, -0.2) is 48.7 Å². The van der Waals surface area contributed by atoms with Crippen molar-refractivity contribution in [3.8, 4) is 17.6 Å². The average molecular weight is 534 g/mol. The van der Waals surface area contributed by atoms with Gasteiger partial charge in [0.25, 0.3) is 5.91 Å². The summed E-state index contributed by atoms with van der Waals surface area (Å²) >= 11 is 1.24. The van der Waals surface area contributed by atoms with Gasteiger partial charge >= 0.3 is 6.18 Å². The molecule has 0 unspecified atom stereocenters. The lowest BCUT2D eigenvalue weighted by Crippen LogP contribution is -2.36. The highest BCUT2D eigenvalue weighted by molar-refractivity contribution is 8.18. The standard InChI is InChI=1S/C26H23F4N3O3S/c27-20-14-17(4-7-22(20)36-21-6-5-18(16-31)13-19(21)26(28,29)30)15-23-25(34)32-24(37-23)3-1-2-8-33-9-11-35-12-10-33/h4-7,13-15H,1-3,8-12H2/b23-15-. The maximum Gasteiger partial charge on any atom is 0.420 e. The quantitative estimate of drug-likeness (QED) is 0.235. The minimum atomic E-state index is -4.79. The Balaban J connectivity index is 1.37. The number of ether oxygens (including phenoxy) is 2. The number of benzene rings is 2. The molecule has 1 fully saturated rings. The molecule has 0 radical (unpaired) electrons. The maximum absolute atomic E-state index is 14.7. The third-order valence-electron chi connectivity index (χ3n) is 5.77. The molecule has 0 N–H and O–H groups in total. The van der Waals surface area contributed by atoms with E-state index in [0.717, 1.165) is 63.9 Å². The van der Waals surface area contributed by atoms with Gasteiger partial charge in [-0.05, 0) is 67.8 Å². The van der Waals surface area contributed by atoms with Gasteiger partial charge in [0.05, 0.1) is 40.4 Å². The zero-order valence-corrected chi connectivity index (χ0v) is 20.5. The fraction of sp³-hybridized carbons (Fsp3) is 0.346. The van der Waals surface area contributed by atoms with E-state index in [9.17, 15) is 22.4 Å². The topological polar surface area (TPSA) is 74.9 Å². The third kappa shape index (κ3) is 7.19. The summed E-state index contributed by atoms with van der Waals surface area (Å²) in [6.45, 7) is 4.33. The molecule has 0 spiro atoms. The number of nitrogens with zero attached hydrogens (tertiary/aromatic N) is 3. The van der Waals surface area contributed by atoms with Crippen LogP contribution in [-0.2, 0) is 15.7 Å². The van der Waals surface area contributed by atoms with E-state index in [1.165, 1.54) is 30.0 Å². The van der Waals surface area contributed by atoms with Crippen molar-refractivity contribution in [2.75, 3.05) is 32.8 Å². The summed E-state index contributed by atoms with van der Waals surface area (Å²) in [5.74, 6) is -2.34. The van der Waals surface area contributed by atoms with Gasteiger partial charge in [0, 0.05) is 13.1 Å². The van der Waals surface area contributed by atoms with E-state index in [1.807, 2.05) is 0 Å². The number of amides is 1. The number of morpholine rings is 1. The van der Waals surface area contributed by atoms with Crippen LogP contribution in [0.2, 0.25) is 0 Å². The summed E-state index contributed by atoms with van der Waals surface area (Å²) in [6, 6.07) is 8.13. The summed E-state index contributed by atoms with van der Waals surface area (Å²) in [6.07, 6.45) is -0.754. The molecule has 2 aliphatic heterocycles. The molecule has 2 aliphatic rings. The Morgan fingerprint density at radius 3 is 2.59 bits per heavy atom. The second kappa shape index (κ2) is 11.9. The summed E-state index contributed by atoms with van der Waals surface area (Å²) in [5.41, 5.74) is -1.03. The Kier molecular flexibility index (Phi) is 8.63. The molecule has 2 heterocycles. The lowest BCUT2D eigenvalue weighted by atomic mass is 10.1. The normalized spacial score (nSPS) is 17.6. The van der Waals surface area contributed by atoms with E-state index in [2.05, 4.69) is 9.89 Å². The van der Waals surface area contributed by atoms with E-state index in [1.54, 1.807) is 6.07 Å². The Bertz CT molecular complexity index is 1260. The maximum atomic E-state index is 14.7. The molecule has 0 atom stereocenters. The van der Waals surface area contributed by atoms with Gasteiger partial charge in [0.15, 0.2) is 11.6 Å². The van der Waals surface area contributed by atoms with E-state index in [0.29, 0.717) is 28.0 Å². The second-order valence-electron chi connectivity index (χ2n) is 8.44. The number of nitriles is 1. The number of carbonyl (C=O) groups excluding carboxylic acids is 1. The molecule has 37 heavy (non-hydrogen) atoms. The average Bonchev–Trinajstić information content (AvgIpc) is 3.22. The van der Waals surface area contributed by atoms with Crippen LogP contribution in [0, 0.1) is 17.1 Å². The number of rotatable bonds is 8. The van der Waals surface area contributed by atoms with Crippen LogP contribution < -0.4 is 4.74 Å². The summed E-state index contributed by atoms with van der Waals surface area (Å²) < 4.78 is 65.3. The number of thioether (sulfide) groups is 1. The number of hydrogen-bond donors (Lipinski definition) is 0. The van der Waals surface area contributed by atoms with Gasteiger partial charge < -0.3 is 9.47 Å². The van der Waals surface area contributed by atoms with Crippen LogP contribution in [0.25, 0.3) is 6.08 Å². The van der Waals surface area contributed by atoms with Crippen LogP contribution in [0.5, 0.6) is 11.5 Å². The van der Waals surface area contributed by atoms with Crippen LogP contribution in [0.1, 0.15) is 36.0 Å². The molecule has 2 aromatic carbocycles. The molecule has 0 aliphatic carbocycles. The molecular weight excluding hydrogens is 510 g/mol. The fourth-order valence-electron chi connectivity index (χ4n) is 3.87. The molecule has 4 rings (SSSR count). The van der Waals surface area contributed by atoms with E-state index in [-0.39, 0.29) is 5.56 Å². The molecule has 194 valence electrons. The molecule has 2 aromatic rings. The zero-order chi connectivity index (χ0) is 26.4. The number of halogens is 4. The Hall–Kier alpha value is -3.20. The minimum absolute atomic E-state index is 0.195. The molecule has 0 saturated carbocycles.